The van der Waals surface area contributed by atoms with Crippen LogP contribution in [-0.4, -0.2) is 68.1 Å². The van der Waals surface area contributed by atoms with Gasteiger partial charge in [-0.15, -0.1) is 0 Å². The Hall–Kier alpha value is -3.29. The molecule has 0 aromatic heterocycles. The summed E-state index contributed by atoms with van der Waals surface area (Å²) in [7, 11) is 1.63. The van der Waals surface area contributed by atoms with E-state index in [1.807, 2.05) is 24.3 Å². The van der Waals surface area contributed by atoms with Crippen LogP contribution in [-0.2, 0) is 0 Å². The van der Waals surface area contributed by atoms with Gasteiger partial charge in [0.15, 0.2) is 0 Å². The first-order valence-electron chi connectivity index (χ1n) is 10.6. The highest BCUT2D eigenvalue weighted by atomic mass is 19.1. The molecular formula is C23H27FN4O3. The molecule has 0 bridgehead atoms. The number of methoxy groups -OCH3 is 1. The molecule has 4 rings (SSSR count). The van der Waals surface area contributed by atoms with Gasteiger partial charge in [-0.05, 0) is 43.2 Å². The Labute approximate surface area is 181 Å². The molecule has 0 spiro atoms. The van der Waals surface area contributed by atoms with Crippen LogP contribution in [0.4, 0.5) is 20.6 Å². The number of carbonyl (C=O) groups excluding carboxylic acids is 2. The molecule has 31 heavy (non-hydrogen) atoms. The molecule has 0 aliphatic carbocycles. The highest BCUT2D eigenvalue weighted by Gasteiger charge is 2.26. The van der Waals surface area contributed by atoms with Gasteiger partial charge in [-0.3, -0.25) is 4.79 Å². The lowest BCUT2D eigenvalue weighted by molar-refractivity contribution is 0.0747. The van der Waals surface area contributed by atoms with E-state index in [2.05, 4.69) is 10.2 Å². The summed E-state index contributed by atoms with van der Waals surface area (Å²) in [6.45, 7) is 3.72. The number of hydrogen-bond donors (Lipinski definition) is 1. The highest BCUT2D eigenvalue weighted by Crippen LogP contribution is 2.24. The number of hydrogen-bond acceptors (Lipinski definition) is 4. The lowest BCUT2D eigenvalue weighted by Gasteiger charge is -2.36. The lowest BCUT2D eigenvalue weighted by atomic mass is 10.1. The first-order chi connectivity index (χ1) is 15.0. The maximum Gasteiger partial charge on any atom is 0.321 e. The summed E-state index contributed by atoms with van der Waals surface area (Å²) in [6.07, 6.45) is 1.94. The fourth-order valence-corrected chi connectivity index (χ4v) is 4.06. The summed E-state index contributed by atoms with van der Waals surface area (Å²) < 4.78 is 19.2. The largest absolute Gasteiger partial charge is 0.497 e. The van der Waals surface area contributed by atoms with Crippen LogP contribution in [0.3, 0.4) is 0 Å². The molecule has 0 radical (unpaired) electrons. The second-order valence-corrected chi connectivity index (χ2v) is 7.79. The average Bonchev–Trinajstić information content (AvgIpc) is 3.35. The van der Waals surface area contributed by atoms with E-state index in [-0.39, 0.29) is 17.5 Å². The minimum absolute atomic E-state index is 0.183. The van der Waals surface area contributed by atoms with Crippen LogP contribution < -0.4 is 15.0 Å². The quantitative estimate of drug-likeness (QED) is 0.814. The molecule has 2 aromatic rings. The second kappa shape index (κ2) is 9.24. The number of halogens is 1. The van der Waals surface area contributed by atoms with Gasteiger partial charge in [-0.1, -0.05) is 6.07 Å². The Kier molecular flexibility index (Phi) is 6.25. The zero-order valence-electron chi connectivity index (χ0n) is 17.6. The molecule has 2 fully saturated rings. The molecule has 0 atom stereocenters. The van der Waals surface area contributed by atoms with Crippen LogP contribution in [0.15, 0.2) is 42.5 Å². The van der Waals surface area contributed by atoms with Crippen LogP contribution in [0.1, 0.15) is 23.2 Å². The van der Waals surface area contributed by atoms with E-state index in [0.29, 0.717) is 45.0 Å². The third kappa shape index (κ3) is 4.73. The number of likely N-dealkylation sites (tertiary alicyclic amines) is 1. The van der Waals surface area contributed by atoms with Crippen molar-refractivity contribution in [1.29, 1.82) is 0 Å². The number of rotatable bonds is 4. The number of piperazine rings is 1. The van der Waals surface area contributed by atoms with Gasteiger partial charge in [0.2, 0.25) is 0 Å². The van der Waals surface area contributed by atoms with Crippen molar-refractivity contribution >= 4 is 23.3 Å². The number of amides is 3. The van der Waals surface area contributed by atoms with Crippen molar-refractivity contribution in [3.8, 4) is 5.75 Å². The number of benzene rings is 2. The number of nitrogens with one attached hydrogen (secondary N) is 1. The predicted octanol–water partition coefficient (Wildman–Crippen LogP) is 3.42. The minimum Gasteiger partial charge on any atom is -0.497 e. The first kappa shape index (κ1) is 21.0. The Morgan fingerprint density at radius 2 is 1.68 bits per heavy atom. The smallest absolute Gasteiger partial charge is 0.321 e. The lowest BCUT2D eigenvalue weighted by Crippen LogP contribution is -2.49. The number of ether oxygens (including phenoxy) is 1. The predicted molar refractivity (Wildman–Crippen MR) is 117 cm³/mol. The number of urea groups is 1. The summed E-state index contributed by atoms with van der Waals surface area (Å²) in [4.78, 5) is 31.3. The molecule has 2 heterocycles. The molecule has 7 nitrogen and oxygen atoms in total. The Bertz CT molecular complexity index is 954. The van der Waals surface area contributed by atoms with Gasteiger partial charge in [-0.2, -0.15) is 0 Å². The van der Waals surface area contributed by atoms with Crippen LogP contribution in [0.2, 0.25) is 0 Å². The zero-order chi connectivity index (χ0) is 21.8. The molecule has 0 unspecified atom stereocenters. The molecule has 0 saturated carbocycles. The third-order valence-corrected chi connectivity index (χ3v) is 5.83. The van der Waals surface area contributed by atoms with Gasteiger partial charge in [0.05, 0.1) is 18.4 Å². The zero-order valence-corrected chi connectivity index (χ0v) is 17.6. The van der Waals surface area contributed by atoms with Crippen molar-refractivity contribution in [1.82, 2.24) is 9.80 Å². The van der Waals surface area contributed by atoms with E-state index in [1.54, 1.807) is 16.9 Å². The summed E-state index contributed by atoms with van der Waals surface area (Å²) in [5.41, 5.74) is 1.57. The van der Waals surface area contributed by atoms with Crippen molar-refractivity contribution in [3.05, 3.63) is 53.8 Å². The topological polar surface area (TPSA) is 65.1 Å². The number of anilines is 2. The fraction of sp³-hybridized carbons (Fsp3) is 0.391. The second-order valence-electron chi connectivity index (χ2n) is 7.79. The maximum atomic E-state index is 14.0. The van der Waals surface area contributed by atoms with Gasteiger partial charge in [0.1, 0.15) is 11.6 Å². The fourth-order valence-electron chi connectivity index (χ4n) is 4.06. The van der Waals surface area contributed by atoms with Crippen molar-refractivity contribution in [2.45, 2.75) is 12.8 Å². The normalized spacial score (nSPS) is 16.4. The van der Waals surface area contributed by atoms with Crippen LogP contribution in [0, 0.1) is 5.82 Å². The Morgan fingerprint density at radius 1 is 0.935 bits per heavy atom. The highest BCUT2D eigenvalue weighted by molar-refractivity contribution is 6.03. The summed E-state index contributed by atoms with van der Waals surface area (Å²) in [5, 5.41) is 2.80. The van der Waals surface area contributed by atoms with E-state index in [9.17, 15) is 14.0 Å². The van der Waals surface area contributed by atoms with Crippen LogP contribution >= 0.6 is 0 Å². The van der Waals surface area contributed by atoms with Crippen molar-refractivity contribution in [2.24, 2.45) is 0 Å². The van der Waals surface area contributed by atoms with Gasteiger partial charge in [0, 0.05) is 51.0 Å². The molecule has 2 saturated heterocycles. The van der Waals surface area contributed by atoms with Crippen molar-refractivity contribution in [2.75, 3.05) is 56.6 Å². The average molecular weight is 426 g/mol. The van der Waals surface area contributed by atoms with Crippen LogP contribution in [0.25, 0.3) is 0 Å². The van der Waals surface area contributed by atoms with Crippen molar-refractivity contribution < 1.29 is 18.7 Å². The van der Waals surface area contributed by atoms with Gasteiger partial charge >= 0.3 is 6.03 Å². The van der Waals surface area contributed by atoms with E-state index >= 15 is 0 Å². The number of nitrogens with zero attached hydrogens (tertiary/aromatic N) is 3. The maximum absolute atomic E-state index is 14.0. The van der Waals surface area contributed by atoms with Gasteiger partial charge < -0.3 is 24.8 Å². The number of carbonyl (C=O) groups is 2. The summed E-state index contributed by atoms with van der Waals surface area (Å²) in [6, 6.07) is 11.5. The molecule has 1 N–H and O–H groups in total. The Balaban J connectivity index is 1.44. The van der Waals surface area contributed by atoms with Gasteiger partial charge in [-0.25, -0.2) is 9.18 Å². The molecule has 2 aliphatic rings. The van der Waals surface area contributed by atoms with Gasteiger partial charge in [0.25, 0.3) is 5.91 Å². The molecule has 8 heteroatoms. The monoisotopic (exact) mass is 426 g/mol. The molecular weight excluding hydrogens is 399 g/mol. The summed E-state index contributed by atoms with van der Waals surface area (Å²) in [5.74, 6) is 0.00760. The molecule has 3 amide bonds. The van der Waals surface area contributed by atoms with E-state index < -0.39 is 5.82 Å². The molecule has 164 valence electrons. The first-order valence-corrected chi connectivity index (χ1v) is 10.6. The Morgan fingerprint density at radius 3 is 2.39 bits per heavy atom. The van der Waals surface area contributed by atoms with Crippen molar-refractivity contribution in [3.63, 3.8) is 0 Å². The minimum atomic E-state index is -0.502. The third-order valence-electron chi connectivity index (χ3n) is 5.83. The van der Waals surface area contributed by atoms with Crippen LogP contribution in [0.5, 0.6) is 5.75 Å². The molecule has 2 aromatic carbocycles. The van der Waals surface area contributed by atoms with E-state index in [0.717, 1.165) is 24.3 Å². The molecule has 2 aliphatic heterocycles. The van der Waals surface area contributed by atoms with E-state index in [1.165, 1.54) is 18.2 Å². The SMILES string of the molecule is COc1cccc(N2CCN(C(=O)c3cc(F)ccc3NC(=O)N3CCCC3)CC2)c1. The summed E-state index contributed by atoms with van der Waals surface area (Å²) >= 11 is 0. The standard InChI is InChI=1S/C23H27FN4O3/c1-31-19-6-4-5-18(16-19)26-11-13-27(14-12-26)22(29)20-15-17(24)7-8-21(20)25-23(30)28-9-2-3-10-28/h4-8,15-16H,2-3,9-14H2,1H3,(H,25,30). The van der Waals surface area contributed by atoms with E-state index in [4.69, 9.17) is 4.74 Å².